The first-order valence-electron chi connectivity index (χ1n) is 5.08. The van der Waals surface area contributed by atoms with Crippen LogP contribution in [0.5, 0.6) is 5.75 Å². The molecule has 0 saturated heterocycles. The number of hydrogen-bond donors (Lipinski definition) is 1. The van der Waals surface area contributed by atoms with Crippen LogP contribution in [-0.4, -0.2) is 24.7 Å². The average molecular weight is 219 g/mol. The van der Waals surface area contributed by atoms with Gasteiger partial charge in [0.1, 0.15) is 5.75 Å². The molecule has 1 heterocycles. The van der Waals surface area contributed by atoms with Crippen molar-refractivity contribution in [2.45, 2.75) is 6.92 Å². The molecule has 4 heteroatoms. The Morgan fingerprint density at radius 2 is 2.25 bits per heavy atom. The average Bonchev–Trinajstić information content (AvgIpc) is 2.76. The molecule has 0 radical (unpaired) electrons. The van der Waals surface area contributed by atoms with Gasteiger partial charge in [0.05, 0.1) is 19.3 Å². The van der Waals surface area contributed by atoms with E-state index in [-0.39, 0.29) is 5.97 Å². The first-order chi connectivity index (χ1) is 7.76. The summed E-state index contributed by atoms with van der Waals surface area (Å²) in [7, 11) is 1.36. The fourth-order valence-electron chi connectivity index (χ4n) is 1.64. The van der Waals surface area contributed by atoms with E-state index in [1.807, 2.05) is 19.2 Å². The maximum atomic E-state index is 11.4. The van der Waals surface area contributed by atoms with Gasteiger partial charge >= 0.3 is 5.97 Å². The summed E-state index contributed by atoms with van der Waals surface area (Å²) in [4.78, 5) is 14.5. The summed E-state index contributed by atoms with van der Waals surface area (Å²) in [5.74, 6) is 0.333. The number of methoxy groups -OCH3 is 1. The third-order valence-corrected chi connectivity index (χ3v) is 2.35. The van der Waals surface area contributed by atoms with Crippen molar-refractivity contribution >= 4 is 16.9 Å². The van der Waals surface area contributed by atoms with Gasteiger partial charge in [-0.25, -0.2) is 4.79 Å². The van der Waals surface area contributed by atoms with E-state index in [4.69, 9.17) is 4.74 Å². The van der Waals surface area contributed by atoms with Crippen molar-refractivity contribution in [2.24, 2.45) is 0 Å². The van der Waals surface area contributed by atoms with Crippen LogP contribution in [0.4, 0.5) is 0 Å². The van der Waals surface area contributed by atoms with Crippen LogP contribution in [0.1, 0.15) is 17.3 Å². The zero-order chi connectivity index (χ0) is 11.5. The molecule has 16 heavy (non-hydrogen) atoms. The van der Waals surface area contributed by atoms with Crippen molar-refractivity contribution in [3.8, 4) is 5.75 Å². The highest BCUT2D eigenvalue weighted by Crippen LogP contribution is 2.27. The lowest BCUT2D eigenvalue weighted by molar-refractivity contribution is 0.0600. The molecule has 0 fully saturated rings. The Morgan fingerprint density at radius 3 is 2.94 bits per heavy atom. The molecule has 1 aromatic heterocycles. The number of carbonyl (C=O) groups excluding carboxylic acids is 1. The summed E-state index contributed by atoms with van der Waals surface area (Å²) in [6.45, 7) is 2.47. The number of H-pyrrole nitrogens is 1. The Labute approximate surface area is 93.2 Å². The van der Waals surface area contributed by atoms with Gasteiger partial charge in [0, 0.05) is 17.1 Å². The molecule has 84 valence electrons. The maximum Gasteiger partial charge on any atom is 0.338 e. The van der Waals surface area contributed by atoms with E-state index in [1.54, 1.807) is 12.1 Å². The Balaban J connectivity index is 2.56. The monoisotopic (exact) mass is 219 g/mol. The molecule has 1 aromatic carbocycles. The molecular weight excluding hydrogens is 206 g/mol. The second-order valence-electron chi connectivity index (χ2n) is 3.34. The van der Waals surface area contributed by atoms with Gasteiger partial charge in [0.25, 0.3) is 0 Å². The molecule has 1 N–H and O–H groups in total. The van der Waals surface area contributed by atoms with Crippen LogP contribution in [0.25, 0.3) is 10.9 Å². The standard InChI is InChI=1S/C12H13NO3/c1-3-16-11-7-8(12(14)15-2)6-10-9(11)4-5-13-10/h4-7,13H,3H2,1-2H3. The third-order valence-electron chi connectivity index (χ3n) is 2.35. The minimum Gasteiger partial charge on any atom is -0.493 e. The highest BCUT2D eigenvalue weighted by Gasteiger charge is 2.11. The van der Waals surface area contributed by atoms with E-state index in [0.717, 1.165) is 10.9 Å². The molecule has 0 aliphatic carbocycles. The van der Waals surface area contributed by atoms with Gasteiger partial charge in [0.15, 0.2) is 0 Å². The molecule has 0 spiro atoms. The number of carbonyl (C=O) groups is 1. The van der Waals surface area contributed by atoms with E-state index in [9.17, 15) is 4.79 Å². The summed E-state index contributed by atoms with van der Waals surface area (Å²) >= 11 is 0. The van der Waals surface area contributed by atoms with Crippen molar-refractivity contribution in [2.75, 3.05) is 13.7 Å². The number of fused-ring (bicyclic) bond motifs is 1. The summed E-state index contributed by atoms with van der Waals surface area (Å²) in [6.07, 6.45) is 1.81. The zero-order valence-electron chi connectivity index (χ0n) is 9.24. The van der Waals surface area contributed by atoms with Crippen LogP contribution >= 0.6 is 0 Å². The van der Waals surface area contributed by atoms with Crippen molar-refractivity contribution < 1.29 is 14.3 Å². The number of esters is 1. The molecule has 0 unspecified atom stereocenters. The second kappa shape index (κ2) is 4.26. The highest BCUT2D eigenvalue weighted by atomic mass is 16.5. The lowest BCUT2D eigenvalue weighted by Crippen LogP contribution is -2.02. The third kappa shape index (κ3) is 1.74. The van der Waals surface area contributed by atoms with E-state index in [1.165, 1.54) is 7.11 Å². The Hall–Kier alpha value is -1.97. The number of benzene rings is 1. The van der Waals surface area contributed by atoms with Gasteiger partial charge in [-0.1, -0.05) is 0 Å². The zero-order valence-corrected chi connectivity index (χ0v) is 9.24. The fraction of sp³-hybridized carbons (Fsp3) is 0.250. The molecule has 2 rings (SSSR count). The van der Waals surface area contributed by atoms with Crippen LogP contribution < -0.4 is 4.74 Å². The predicted molar refractivity (Wildman–Crippen MR) is 60.8 cm³/mol. The molecule has 0 atom stereocenters. The van der Waals surface area contributed by atoms with Crippen molar-refractivity contribution in [3.63, 3.8) is 0 Å². The topological polar surface area (TPSA) is 51.3 Å². The number of hydrogen-bond acceptors (Lipinski definition) is 3. The predicted octanol–water partition coefficient (Wildman–Crippen LogP) is 2.35. The van der Waals surface area contributed by atoms with Crippen LogP contribution in [0, 0.1) is 0 Å². The maximum absolute atomic E-state index is 11.4. The Kier molecular flexibility index (Phi) is 2.81. The summed E-state index contributed by atoms with van der Waals surface area (Å²) < 4.78 is 10.2. The van der Waals surface area contributed by atoms with Gasteiger partial charge in [-0.3, -0.25) is 0 Å². The minimum absolute atomic E-state index is 0.363. The van der Waals surface area contributed by atoms with Gasteiger partial charge in [-0.05, 0) is 25.1 Å². The lowest BCUT2D eigenvalue weighted by Gasteiger charge is -2.07. The molecule has 0 saturated carbocycles. The summed E-state index contributed by atoms with van der Waals surface area (Å²) in [5.41, 5.74) is 1.35. The molecular formula is C12H13NO3. The van der Waals surface area contributed by atoms with Crippen LogP contribution in [0.15, 0.2) is 24.4 Å². The quantitative estimate of drug-likeness (QED) is 0.806. The van der Waals surface area contributed by atoms with E-state index < -0.39 is 0 Å². The molecule has 0 amide bonds. The lowest BCUT2D eigenvalue weighted by atomic mass is 10.1. The minimum atomic E-state index is -0.363. The van der Waals surface area contributed by atoms with E-state index in [0.29, 0.717) is 17.9 Å². The highest BCUT2D eigenvalue weighted by molar-refractivity contribution is 5.97. The van der Waals surface area contributed by atoms with Crippen molar-refractivity contribution in [3.05, 3.63) is 30.0 Å². The van der Waals surface area contributed by atoms with Crippen molar-refractivity contribution in [1.82, 2.24) is 4.98 Å². The van der Waals surface area contributed by atoms with Crippen LogP contribution in [0.3, 0.4) is 0 Å². The van der Waals surface area contributed by atoms with Crippen molar-refractivity contribution in [1.29, 1.82) is 0 Å². The largest absolute Gasteiger partial charge is 0.493 e. The summed E-state index contributed by atoms with van der Waals surface area (Å²) in [5, 5.41) is 0.967. The number of rotatable bonds is 3. The number of nitrogens with one attached hydrogen (secondary N) is 1. The van der Waals surface area contributed by atoms with Gasteiger partial charge in [-0.2, -0.15) is 0 Å². The fourth-order valence-corrected chi connectivity index (χ4v) is 1.64. The Bertz CT molecular complexity index is 516. The van der Waals surface area contributed by atoms with Gasteiger partial charge < -0.3 is 14.5 Å². The van der Waals surface area contributed by atoms with Gasteiger partial charge in [-0.15, -0.1) is 0 Å². The summed E-state index contributed by atoms with van der Waals surface area (Å²) in [6, 6.07) is 5.37. The van der Waals surface area contributed by atoms with E-state index >= 15 is 0 Å². The normalized spacial score (nSPS) is 10.4. The smallest absolute Gasteiger partial charge is 0.338 e. The number of aromatic nitrogens is 1. The van der Waals surface area contributed by atoms with Crippen LogP contribution in [-0.2, 0) is 4.74 Å². The molecule has 4 nitrogen and oxygen atoms in total. The molecule has 2 aromatic rings. The first-order valence-corrected chi connectivity index (χ1v) is 5.08. The number of ether oxygens (including phenoxy) is 2. The molecule has 0 aliphatic heterocycles. The van der Waals surface area contributed by atoms with E-state index in [2.05, 4.69) is 9.72 Å². The second-order valence-corrected chi connectivity index (χ2v) is 3.34. The molecule has 0 aliphatic rings. The van der Waals surface area contributed by atoms with Gasteiger partial charge in [0.2, 0.25) is 0 Å². The number of aromatic amines is 1. The van der Waals surface area contributed by atoms with Crippen LogP contribution in [0.2, 0.25) is 0 Å². The first kappa shape index (κ1) is 10.5. The SMILES string of the molecule is CCOc1cc(C(=O)OC)cc2[nH]ccc12. The molecule has 0 bridgehead atoms. The Morgan fingerprint density at radius 1 is 1.44 bits per heavy atom.